The van der Waals surface area contributed by atoms with Gasteiger partial charge < -0.3 is 15.3 Å². The van der Waals surface area contributed by atoms with E-state index >= 15 is 0 Å². The van der Waals surface area contributed by atoms with Gasteiger partial charge in [0, 0.05) is 19.2 Å². The Kier molecular flexibility index (Phi) is 2.99. The molecular weight excluding hydrogens is 220 g/mol. The largest absolute Gasteiger partial charge is 0.480 e. The fourth-order valence-electron chi connectivity index (χ4n) is 2.09. The Bertz CT molecular complexity index is 459. The average Bonchev–Trinajstić information content (AvgIpc) is 2.64. The predicted octanol–water partition coefficient (Wildman–Crippen LogP) is 0.248. The number of rotatable bonds is 3. The van der Waals surface area contributed by atoms with Gasteiger partial charge in [-0.15, -0.1) is 0 Å². The first kappa shape index (κ1) is 11.4. The summed E-state index contributed by atoms with van der Waals surface area (Å²) in [5, 5.41) is 10.9. The number of likely N-dealkylation sites (N-methyl/N-ethyl adjacent to an activating group) is 1. The molecule has 1 heterocycles. The van der Waals surface area contributed by atoms with Gasteiger partial charge in [0.1, 0.15) is 12.6 Å². The first-order valence-electron chi connectivity index (χ1n) is 5.40. The van der Waals surface area contributed by atoms with Crippen molar-refractivity contribution in [1.29, 1.82) is 0 Å². The van der Waals surface area contributed by atoms with E-state index in [4.69, 9.17) is 5.11 Å². The van der Waals surface area contributed by atoms with E-state index in [1.54, 1.807) is 0 Å². The van der Waals surface area contributed by atoms with Gasteiger partial charge in [-0.3, -0.25) is 9.59 Å². The normalized spacial score (nSPS) is 17.7. The van der Waals surface area contributed by atoms with E-state index in [1.807, 2.05) is 36.2 Å². The Morgan fingerprint density at radius 2 is 2.18 bits per heavy atom. The van der Waals surface area contributed by atoms with Crippen LogP contribution in [-0.2, 0) is 16.0 Å². The van der Waals surface area contributed by atoms with Crippen LogP contribution in [0.3, 0.4) is 0 Å². The molecule has 0 spiro atoms. The van der Waals surface area contributed by atoms with Crippen molar-refractivity contribution in [2.75, 3.05) is 18.5 Å². The Morgan fingerprint density at radius 3 is 2.82 bits per heavy atom. The summed E-state index contributed by atoms with van der Waals surface area (Å²) in [6.45, 7) is -0.334. The quantitative estimate of drug-likeness (QED) is 0.786. The third kappa shape index (κ3) is 2.22. The molecule has 1 aliphatic heterocycles. The monoisotopic (exact) mass is 234 g/mol. The molecule has 1 aromatic carbocycles. The molecule has 1 aromatic rings. The molecule has 0 unspecified atom stereocenters. The van der Waals surface area contributed by atoms with Gasteiger partial charge in [-0.2, -0.15) is 0 Å². The number of para-hydroxylation sites is 1. The molecular formula is C12H14N2O3. The maximum atomic E-state index is 11.8. The highest BCUT2D eigenvalue weighted by Crippen LogP contribution is 2.30. The molecule has 1 amide bonds. The van der Waals surface area contributed by atoms with E-state index in [9.17, 15) is 9.59 Å². The molecule has 1 aliphatic rings. The topological polar surface area (TPSA) is 69.6 Å². The van der Waals surface area contributed by atoms with Crippen LogP contribution in [0.4, 0.5) is 5.69 Å². The van der Waals surface area contributed by atoms with E-state index in [2.05, 4.69) is 5.32 Å². The second-order valence-electron chi connectivity index (χ2n) is 4.07. The molecule has 0 aromatic heterocycles. The summed E-state index contributed by atoms with van der Waals surface area (Å²) in [6.07, 6.45) is 0.623. The molecule has 0 aliphatic carbocycles. The zero-order valence-corrected chi connectivity index (χ0v) is 9.51. The minimum atomic E-state index is -1.03. The Morgan fingerprint density at radius 1 is 1.47 bits per heavy atom. The van der Waals surface area contributed by atoms with E-state index in [-0.39, 0.29) is 18.5 Å². The minimum absolute atomic E-state index is 0.244. The number of amides is 1. The number of fused-ring (bicyclic) bond motifs is 1. The lowest BCUT2D eigenvalue weighted by Gasteiger charge is -2.21. The van der Waals surface area contributed by atoms with Crippen LogP contribution in [0.25, 0.3) is 0 Å². The van der Waals surface area contributed by atoms with E-state index in [0.29, 0.717) is 6.42 Å². The van der Waals surface area contributed by atoms with E-state index in [1.165, 1.54) is 0 Å². The van der Waals surface area contributed by atoms with Gasteiger partial charge in [-0.25, -0.2) is 0 Å². The highest BCUT2D eigenvalue weighted by Gasteiger charge is 2.31. The summed E-state index contributed by atoms with van der Waals surface area (Å²) in [6, 6.07) is 7.49. The molecule has 0 radical (unpaired) electrons. The summed E-state index contributed by atoms with van der Waals surface area (Å²) in [5.74, 6) is -1.28. The highest BCUT2D eigenvalue weighted by atomic mass is 16.4. The Balaban J connectivity index is 2.06. The van der Waals surface area contributed by atoms with Crippen LogP contribution in [0.15, 0.2) is 24.3 Å². The van der Waals surface area contributed by atoms with Crippen molar-refractivity contribution in [1.82, 2.24) is 5.32 Å². The van der Waals surface area contributed by atoms with Crippen molar-refractivity contribution in [3.8, 4) is 0 Å². The van der Waals surface area contributed by atoms with Crippen LogP contribution in [0, 0.1) is 0 Å². The van der Waals surface area contributed by atoms with Gasteiger partial charge >= 0.3 is 5.97 Å². The number of hydrogen-bond acceptors (Lipinski definition) is 3. The number of aliphatic carboxylic acids is 1. The van der Waals surface area contributed by atoms with Crippen LogP contribution < -0.4 is 10.2 Å². The molecule has 5 heteroatoms. The molecule has 17 heavy (non-hydrogen) atoms. The lowest BCUT2D eigenvalue weighted by atomic mass is 10.1. The van der Waals surface area contributed by atoms with Crippen LogP contribution in [0.5, 0.6) is 0 Å². The second kappa shape index (κ2) is 4.45. The fourth-order valence-corrected chi connectivity index (χ4v) is 2.09. The van der Waals surface area contributed by atoms with E-state index < -0.39 is 5.97 Å². The summed E-state index contributed by atoms with van der Waals surface area (Å²) in [5.41, 5.74) is 2.15. The van der Waals surface area contributed by atoms with Gasteiger partial charge in [0.05, 0.1) is 0 Å². The average molecular weight is 234 g/mol. The van der Waals surface area contributed by atoms with Crippen molar-refractivity contribution in [2.24, 2.45) is 0 Å². The summed E-state index contributed by atoms with van der Waals surface area (Å²) in [4.78, 5) is 24.1. The van der Waals surface area contributed by atoms with Crippen molar-refractivity contribution >= 4 is 17.6 Å². The lowest BCUT2D eigenvalue weighted by Crippen LogP contribution is -2.45. The van der Waals surface area contributed by atoms with Gasteiger partial charge in [0.2, 0.25) is 5.91 Å². The van der Waals surface area contributed by atoms with Crippen molar-refractivity contribution in [3.05, 3.63) is 29.8 Å². The number of carboxylic acids is 1. The third-order valence-electron chi connectivity index (χ3n) is 2.97. The van der Waals surface area contributed by atoms with Crippen molar-refractivity contribution in [3.63, 3.8) is 0 Å². The lowest BCUT2D eigenvalue weighted by molar-refractivity contribution is -0.138. The number of nitrogens with one attached hydrogen (secondary N) is 1. The van der Waals surface area contributed by atoms with Gasteiger partial charge in [0.25, 0.3) is 0 Å². The SMILES string of the molecule is CN1c2ccccc2C[C@H]1C(=O)NCC(=O)O. The Labute approximate surface area is 99.0 Å². The maximum absolute atomic E-state index is 11.8. The summed E-state index contributed by atoms with van der Waals surface area (Å²) < 4.78 is 0. The van der Waals surface area contributed by atoms with Gasteiger partial charge in [0.15, 0.2) is 0 Å². The molecule has 1 atom stereocenters. The summed E-state index contributed by atoms with van der Waals surface area (Å²) in [7, 11) is 1.84. The highest BCUT2D eigenvalue weighted by molar-refractivity contribution is 5.90. The first-order chi connectivity index (χ1) is 8.09. The summed E-state index contributed by atoms with van der Waals surface area (Å²) >= 11 is 0. The van der Waals surface area contributed by atoms with Crippen LogP contribution in [0.1, 0.15) is 5.56 Å². The van der Waals surface area contributed by atoms with Gasteiger partial charge in [-0.05, 0) is 11.6 Å². The fraction of sp³-hybridized carbons (Fsp3) is 0.333. The zero-order chi connectivity index (χ0) is 12.4. The number of carbonyl (C=O) groups excluding carboxylic acids is 1. The number of benzene rings is 1. The van der Waals surface area contributed by atoms with Crippen LogP contribution >= 0.6 is 0 Å². The number of anilines is 1. The minimum Gasteiger partial charge on any atom is -0.480 e. The molecule has 90 valence electrons. The number of carbonyl (C=O) groups is 2. The van der Waals surface area contributed by atoms with Crippen LogP contribution in [0.2, 0.25) is 0 Å². The van der Waals surface area contributed by atoms with E-state index in [0.717, 1.165) is 11.3 Å². The zero-order valence-electron chi connectivity index (χ0n) is 9.51. The smallest absolute Gasteiger partial charge is 0.322 e. The molecule has 2 N–H and O–H groups in total. The molecule has 0 bridgehead atoms. The molecule has 5 nitrogen and oxygen atoms in total. The third-order valence-corrected chi connectivity index (χ3v) is 2.97. The standard InChI is InChI=1S/C12H14N2O3/c1-14-9-5-3-2-4-8(9)6-10(14)12(17)13-7-11(15)16/h2-5,10H,6-7H2,1H3,(H,13,17)(H,15,16)/t10-/m0/s1. The van der Waals surface area contributed by atoms with Crippen LogP contribution in [-0.4, -0.2) is 36.6 Å². The Hall–Kier alpha value is -2.04. The molecule has 2 rings (SSSR count). The maximum Gasteiger partial charge on any atom is 0.322 e. The second-order valence-corrected chi connectivity index (χ2v) is 4.07. The van der Waals surface area contributed by atoms with Gasteiger partial charge in [-0.1, -0.05) is 18.2 Å². The molecule has 0 saturated heterocycles. The number of carboxylic acid groups (broad SMARTS) is 1. The molecule has 0 fully saturated rings. The predicted molar refractivity (Wildman–Crippen MR) is 63.0 cm³/mol. The number of nitrogens with zero attached hydrogens (tertiary/aromatic N) is 1. The number of hydrogen-bond donors (Lipinski definition) is 2. The molecule has 0 saturated carbocycles. The van der Waals surface area contributed by atoms with Crippen molar-refractivity contribution in [2.45, 2.75) is 12.5 Å². The van der Waals surface area contributed by atoms with Crippen molar-refractivity contribution < 1.29 is 14.7 Å². The first-order valence-corrected chi connectivity index (χ1v) is 5.40.